The minimum Gasteiger partial charge on any atom is -0.395 e. The number of rotatable bonds is 6. The Morgan fingerprint density at radius 1 is 1.56 bits per heavy atom. The molecule has 0 unspecified atom stereocenters. The van der Waals surface area contributed by atoms with Crippen LogP contribution in [0.15, 0.2) is 12.3 Å². The number of aliphatic hydroxyl groups is 1. The maximum Gasteiger partial charge on any atom is 0.323 e. The topological polar surface area (TPSA) is 70.4 Å². The van der Waals surface area contributed by atoms with Gasteiger partial charge in [-0.2, -0.15) is 5.10 Å². The Kier molecular flexibility index (Phi) is 5.64. The Bertz CT molecular complexity index is 370. The summed E-state index contributed by atoms with van der Waals surface area (Å²) in [7, 11) is 0. The first-order valence-electron chi connectivity index (χ1n) is 6.30. The van der Waals surface area contributed by atoms with Crippen molar-refractivity contribution in [2.75, 3.05) is 25.0 Å². The molecule has 0 aromatic carbocycles. The van der Waals surface area contributed by atoms with E-state index in [-0.39, 0.29) is 18.7 Å². The molecule has 1 aromatic heterocycles. The predicted molar refractivity (Wildman–Crippen MR) is 70.6 cm³/mol. The normalized spacial score (nSPS) is 10.7. The second kappa shape index (κ2) is 7.00. The molecule has 0 fully saturated rings. The number of aromatic nitrogens is 2. The number of carbonyl (C=O) groups excluding carboxylic acids is 1. The van der Waals surface area contributed by atoms with Gasteiger partial charge in [0.1, 0.15) is 5.82 Å². The van der Waals surface area contributed by atoms with Crippen molar-refractivity contribution in [3.63, 3.8) is 0 Å². The van der Waals surface area contributed by atoms with Gasteiger partial charge in [-0.3, -0.25) is 5.32 Å². The first-order chi connectivity index (χ1) is 8.60. The molecule has 2 amide bonds. The fourth-order valence-corrected chi connectivity index (χ4v) is 1.72. The Morgan fingerprint density at radius 2 is 2.28 bits per heavy atom. The first-order valence-corrected chi connectivity index (χ1v) is 6.30. The van der Waals surface area contributed by atoms with Gasteiger partial charge in [-0.15, -0.1) is 0 Å². The number of nitrogens with one attached hydrogen (secondary N) is 1. The van der Waals surface area contributed by atoms with Crippen molar-refractivity contribution in [2.24, 2.45) is 0 Å². The van der Waals surface area contributed by atoms with Crippen LogP contribution in [0.1, 0.15) is 33.2 Å². The summed E-state index contributed by atoms with van der Waals surface area (Å²) in [6.45, 7) is 6.94. The zero-order valence-corrected chi connectivity index (χ0v) is 11.3. The number of hydrogen-bond acceptors (Lipinski definition) is 3. The van der Waals surface area contributed by atoms with Gasteiger partial charge in [-0.25, -0.2) is 9.48 Å². The molecule has 0 radical (unpaired) electrons. The Labute approximate surface area is 108 Å². The second-order valence-corrected chi connectivity index (χ2v) is 4.40. The summed E-state index contributed by atoms with van der Waals surface area (Å²) in [5, 5.41) is 15.9. The molecule has 1 heterocycles. The van der Waals surface area contributed by atoms with E-state index in [1.54, 1.807) is 21.8 Å². The number of amides is 2. The fraction of sp³-hybridized carbons (Fsp3) is 0.667. The number of urea groups is 1. The van der Waals surface area contributed by atoms with E-state index in [9.17, 15) is 4.79 Å². The number of carbonyl (C=O) groups is 1. The van der Waals surface area contributed by atoms with Crippen LogP contribution >= 0.6 is 0 Å². The summed E-state index contributed by atoms with van der Waals surface area (Å²) in [6, 6.07) is 1.75. The van der Waals surface area contributed by atoms with Crippen molar-refractivity contribution < 1.29 is 9.90 Å². The number of aliphatic hydroxyl groups excluding tert-OH is 1. The zero-order valence-electron chi connectivity index (χ0n) is 11.3. The third kappa shape index (κ3) is 3.73. The number of anilines is 1. The molecular formula is C12H22N4O2. The Morgan fingerprint density at radius 3 is 2.83 bits per heavy atom. The van der Waals surface area contributed by atoms with Crippen LogP contribution in [0, 0.1) is 0 Å². The third-order valence-corrected chi connectivity index (χ3v) is 2.55. The van der Waals surface area contributed by atoms with Gasteiger partial charge in [-0.1, -0.05) is 6.92 Å². The molecule has 0 aliphatic heterocycles. The average Bonchev–Trinajstić information content (AvgIpc) is 2.77. The van der Waals surface area contributed by atoms with E-state index in [0.29, 0.717) is 18.9 Å². The lowest BCUT2D eigenvalue weighted by atomic mass is 10.4. The van der Waals surface area contributed by atoms with E-state index in [0.717, 1.165) is 6.42 Å². The van der Waals surface area contributed by atoms with E-state index in [4.69, 9.17) is 5.11 Å². The number of hydrogen-bond donors (Lipinski definition) is 2. The first kappa shape index (κ1) is 14.5. The molecule has 0 atom stereocenters. The van der Waals surface area contributed by atoms with Crippen LogP contribution in [0.3, 0.4) is 0 Å². The highest BCUT2D eigenvalue weighted by atomic mass is 16.3. The van der Waals surface area contributed by atoms with Crippen LogP contribution in [-0.2, 0) is 0 Å². The van der Waals surface area contributed by atoms with Crippen molar-refractivity contribution in [3.05, 3.63) is 12.3 Å². The molecule has 1 rings (SSSR count). The van der Waals surface area contributed by atoms with Gasteiger partial charge in [0.15, 0.2) is 0 Å². The molecule has 0 aliphatic carbocycles. The summed E-state index contributed by atoms with van der Waals surface area (Å²) in [5.41, 5.74) is 0. The Hall–Kier alpha value is -1.56. The zero-order chi connectivity index (χ0) is 13.5. The van der Waals surface area contributed by atoms with Gasteiger partial charge in [0.25, 0.3) is 0 Å². The van der Waals surface area contributed by atoms with E-state index in [1.807, 2.05) is 20.8 Å². The standard InChI is InChI=1S/C12H22N4O2/c1-4-7-15(8-9-17)12(18)14-11-5-6-13-16(11)10(2)3/h5-6,10,17H,4,7-9H2,1-3H3,(H,14,18). The van der Waals surface area contributed by atoms with Crippen molar-refractivity contribution in [1.29, 1.82) is 0 Å². The van der Waals surface area contributed by atoms with Gasteiger partial charge >= 0.3 is 6.03 Å². The second-order valence-electron chi connectivity index (χ2n) is 4.40. The van der Waals surface area contributed by atoms with Crippen molar-refractivity contribution in [2.45, 2.75) is 33.2 Å². The van der Waals surface area contributed by atoms with E-state index >= 15 is 0 Å². The summed E-state index contributed by atoms with van der Waals surface area (Å²) in [6.07, 6.45) is 2.52. The van der Waals surface area contributed by atoms with E-state index in [1.165, 1.54) is 0 Å². The highest BCUT2D eigenvalue weighted by Gasteiger charge is 2.14. The van der Waals surface area contributed by atoms with Crippen molar-refractivity contribution >= 4 is 11.8 Å². The molecule has 0 saturated heterocycles. The van der Waals surface area contributed by atoms with Crippen molar-refractivity contribution in [3.8, 4) is 0 Å². The maximum atomic E-state index is 12.0. The lowest BCUT2D eigenvalue weighted by Crippen LogP contribution is -2.38. The van der Waals surface area contributed by atoms with Crippen molar-refractivity contribution in [1.82, 2.24) is 14.7 Å². The largest absolute Gasteiger partial charge is 0.395 e. The molecule has 18 heavy (non-hydrogen) atoms. The minimum absolute atomic E-state index is 0.0309. The molecule has 2 N–H and O–H groups in total. The monoisotopic (exact) mass is 254 g/mol. The molecule has 0 bridgehead atoms. The molecule has 0 spiro atoms. The summed E-state index contributed by atoms with van der Waals surface area (Å²) in [4.78, 5) is 13.6. The molecule has 0 aliphatic rings. The highest BCUT2D eigenvalue weighted by Crippen LogP contribution is 2.13. The molecule has 6 nitrogen and oxygen atoms in total. The lowest BCUT2D eigenvalue weighted by molar-refractivity contribution is 0.188. The Balaban J connectivity index is 2.69. The van der Waals surface area contributed by atoms with Gasteiger partial charge in [0, 0.05) is 25.2 Å². The summed E-state index contributed by atoms with van der Waals surface area (Å²) < 4.78 is 1.75. The van der Waals surface area contributed by atoms with Crippen LogP contribution in [-0.4, -0.2) is 45.5 Å². The molecule has 1 aromatic rings. The van der Waals surface area contributed by atoms with E-state index < -0.39 is 0 Å². The predicted octanol–water partition coefficient (Wildman–Crippen LogP) is 1.70. The average molecular weight is 254 g/mol. The molecule has 0 saturated carbocycles. The van der Waals surface area contributed by atoms with Crippen LogP contribution < -0.4 is 5.32 Å². The summed E-state index contributed by atoms with van der Waals surface area (Å²) >= 11 is 0. The van der Waals surface area contributed by atoms with Gasteiger partial charge in [0.2, 0.25) is 0 Å². The SMILES string of the molecule is CCCN(CCO)C(=O)Nc1ccnn1C(C)C. The van der Waals surface area contributed by atoms with Crippen LogP contribution in [0.5, 0.6) is 0 Å². The van der Waals surface area contributed by atoms with Crippen LogP contribution in [0.4, 0.5) is 10.6 Å². The number of nitrogens with zero attached hydrogens (tertiary/aromatic N) is 3. The third-order valence-electron chi connectivity index (χ3n) is 2.55. The quantitative estimate of drug-likeness (QED) is 0.811. The molecular weight excluding hydrogens is 232 g/mol. The minimum atomic E-state index is -0.201. The molecule has 102 valence electrons. The lowest BCUT2D eigenvalue weighted by Gasteiger charge is -2.22. The van der Waals surface area contributed by atoms with Gasteiger partial charge in [-0.05, 0) is 20.3 Å². The van der Waals surface area contributed by atoms with Gasteiger partial charge in [0.05, 0.1) is 12.8 Å². The van der Waals surface area contributed by atoms with Gasteiger partial charge < -0.3 is 10.0 Å². The smallest absolute Gasteiger partial charge is 0.323 e. The van der Waals surface area contributed by atoms with Crippen LogP contribution in [0.2, 0.25) is 0 Å². The fourth-order valence-electron chi connectivity index (χ4n) is 1.72. The molecule has 6 heteroatoms. The maximum absolute atomic E-state index is 12.0. The van der Waals surface area contributed by atoms with Crippen LogP contribution in [0.25, 0.3) is 0 Å². The van der Waals surface area contributed by atoms with E-state index in [2.05, 4.69) is 10.4 Å². The highest BCUT2D eigenvalue weighted by molar-refractivity contribution is 5.88. The summed E-state index contributed by atoms with van der Waals surface area (Å²) in [5.74, 6) is 0.675.